The summed E-state index contributed by atoms with van der Waals surface area (Å²) in [6.07, 6.45) is 4.95. The van der Waals surface area contributed by atoms with Crippen molar-refractivity contribution in [2.45, 2.75) is 58.5 Å². The third-order valence-electron chi connectivity index (χ3n) is 5.36. The molecule has 0 radical (unpaired) electrons. The number of hydrogen-bond acceptors (Lipinski definition) is 4. The molecule has 1 amide bonds. The van der Waals surface area contributed by atoms with E-state index in [4.69, 9.17) is 4.84 Å². The zero-order valence-electron chi connectivity index (χ0n) is 17.0. The van der Waals surface area contributed by atoms with Crippen molar-refractivity contribution in [3.05, 3.63) is 35.4 Å². The van der Waals surface area contributed by atoms with E-state index in [-0.39, 0.29) is 11.9 Å². The minimum absolute atomic E-state index is 0.149. The maximum atomic E-state index is 12.2. The average Bonchev–Trinajstić information content (AvgIpc) is 3.15. The number of hydrogen-bond donors (Lipinski definition) is 1. The van der Waals surface area contributed by atoms with Gasteiger partial charge in [-0.3, -0.25) is 14.5 Å². The lowest BCUT2D eigenvalue weighted by Gasteiger charge is -2.33. The van der Waals surface area contributed by atoms with Gasteiger partial charge in [0.05, 0.1) is 6.61 Å². The first-order valence-electron chi connectivity index (χ1n) is 10.6. The van der Waals surface area contributed by atoms with Gasteiger partial charge in [-0.25, -0.2) is 0 Å². The Morgan fingerprint density at radius 2 is 1.96 bits per heavy atom. The van der Waals surface area contributed by atoms with Gasteiger partial charge in [-0.15, -0.1) is 0 Å². The molecule has 27 heavy (non-hydrogen) atoms. The molecule has 2 fully saturated rings. The monoisotopic (exact) mass is 373 g/mol. The van der Waals surface area contributed by atoms with Crippen LogP contribution in [-0.2, 0) is 22.6 Å². The fraction of sp³-hybridized carbons (Fsp3) is 0.682. The van der Waals surface area contributed by atoms with E-state index in [1.807, 2.05) is 5.06 Å². The fourth-order valence-electron chi connectivity index (χ4n) is 4.03. The van der Waals surface area contributed by atoms with Crippen molar-refractivity contribution in [3.8, 4) is 0 Å². The Bertz CT molecular complexity index is 582. The number of benzene rings is 1. The lowest BCUT2D eigenvalue weighted by atomic mass is 10.0. The van der Waals surface area contributed by atoms with Crippen LogP contribution in [-0.4, -0.2) is 54.7 Å². The van der Waals surface area contributed by atoms with Gasteiger partial charge in [-0.1, -0.05) is 38.1 Å². The third kappa shape index (κ3) is 6.91. The summed E-state index contributed by atoms with van der Waals surface area (Å²) in [5.41, 5.74) is 2.78. The summed E-state index contributed by atoms with van der Waals surface area (Å²) in [7, 11) is 0. The molecule has 2 heterocycles. The number of likely N-dealkylation sites (tertiary alicyclic amines) is 1. The molecule has 0 aliphatic carbocycles. The molecule has 5 nitrogen and oxygen atoms in total. The molecule has 0 saturated carbocycles. The van der Waals surface area contributed by atoms with Crippen molar-refractivity contribution in [3.63, 3.8) is 0 Å². The molecule has 1 atom stereocenters. The second-order valence-electron chi connectivity index (χ2n) is 8.42. The number of rotatable bonds is 8. The van der Waals surface area contributed by atoms with E-state index in [2.05, 4.69) is 48.3 Å². The predicted octanol–water partition coefficient (Wildman–Crippen LogP) is 2.99. The van der Waals surface area contributed by atoms with Crippen LogP contribution in [0.1, 0.15) is 50.7 Å². The van der Waals surface area contributed by atoms with Gasteiger partial charge in [-0.2, -0.15) is 5.06 Å². The van der Waals surface area contributed by atoms with Crippen LogP contribution < -0.4 is 5.32 Å². The van der Waals surface area contributed by atoms with Crippen LogP contribution in [0.25, 0.3) is 0 Å². The van der Waals surface area contributed by atoms with Crippen molar-refractivity contribution >= 4 is 5.91 Å². The first-order chi connectivity index (χ1) is 13.1. The molecule has 0 bridgehead atoms. The van der Waals surface area contributed by atoms with E-state index >= 15 is 0 Å². The quantitative estimate of drug-likeness (QED) is 0.761. The predicted molar refractivity (Wildman–Crippen MR) is 108 cm³/mol. The van der Waals surface area contributed by atoms with Crippen molar-refractivity contribution in [1.82, 2.24) is 15.3 Å². The minimum Gasteiger partial charge on any atom is -0.352 e. The van der Waals surface area contributed by atoms with E-state index < -0.39 is 0 Å². The number of carbonyl (C=O) groups excluding carboxylic acids is 1. The molecule has 0 unspecified atom stereocenters. The number of amides is 1. The van der Waals surface area contributed by atoms with E-state index in [9.17, 15) is 4.79 Å². The first kappa shape index (κ1) is 20.3. The second kappa shape index (κ2) is 10.2. The fourth-order valence-corrected chi connectivity index (χ4v) is 4.03. The van der Waals surface area contributed by atoms with Crippen LogP contribution in [0.4, 0.5) is 0 Å². The largest absolute Gasteiger partial charge is 0.352 e. The normalized spacial score (nSPS) is 21.7. The molecule has 150 valence electrons. The van der Waals surface area contributed by atoms with Crippen molar-refractivity contribution in [1.29, 1.82) is 0 Å². The van der Waals surface area contributed by atoms with Gasteiger partial charge in [0.15, 0.2) is 0 Å². The van der Waals surface area contributed by atoms with Crippen LogP contribution in [0.15, 0.2) is 24.3 Å². The summed E-state index contributed by atoms with van der Waals surface area (Å²) >= 11 is 0. The van der Waals surface area contributed by atoms with Crippen molar-refractivity contribution in [2.24, 2.45) is 5.92 Å². The van der Waals surface area contributed by atoms with E-state index in [1.165, 1.54) is 11.1 Å². The average molecular weight is 374 g/mol. The maximum absolute atomic E-state index is 12.2. The number of nitrogens with zero attached hydrogens (tertiary/aromatic N) is 2. The standard InChI is InChI=1S/C22H35N3O2/c1-18(2)15-19-6-8-20(9-7-19)16-24-11-3-5-21(17-24)23-22(26)10-13-25-12-4-14-27-25/h6-9,18,21H,3-5,10-17H2,1-2H3,(H,23,26)/t21-/m0/s1. The second-order valence-corrected chi connectivity index (χ2v) is 8.42. The Kier molecular flexibility index (Phi) is 7.68. The lowest BCUT2D eigenvalue weighted by Crippen LogP contribution is -2.47. The molecule has 2 saturated heterocycles. The summed E-state index contributed by atoms with van der Waals surface area (Å²) in [6, 6.07) is 9.31. The summed E-state index contributed by atoms with van der Waals surface area (Å²) in [6.45, 7) is 9.98. The van der Waals surface area contributed by atoms with Gasteiger partial charge in [0.1, 0.15) is 0 Å². The van der Waals surface area contributed by atoms with Gasteiger partial charge in [0.25, 0.3) is 0 Å². The molecule has 0 spiro atoms. The van der Waals surface area contributed by atoms with Crippen LogP contribution in [0, 0.1) is 5.92 Å². The molecule has 0 aromatic heterocycles. The van der Waals surface area contributed by atoms with Gasteiger partial charge < -0.3 is 5.32 Å². The van der Waals surface area contributed by atoms with Crippen LogP contribution in [0.3, 0.4) is 0 Å². The number of hydroxylamine groups is 2. The molecular weight excluding hydrogens is 338 g/mol. The highest BCUT2D eigenvalue weighted by Gasteiger charge is 2.22. The zero-order valence-corrected chi connectivity index (χ0v) is 17.0. The number of piperidine rings is 1. The third-order valence-corrected chi connectivity index (χ3v) is 5.36. The number of nitrogens with one attached hydrogen (secondary N) is 1. The molecule has 1 N–H and O–H groups in total. The van der Waals surface area contributed by atoms with Gasteiger partial charge >= 0.3 is 0 Å². The molecule has 2 aliphatic rings. The van der Waals surface area contributed by atoms with Crippen molar-refractivity contribution < 1.29 is 9.63 Å². The smallest absolute Gasteiger partial charge is 0.221 e. The highest BCUT2D eigenvalue weighted by Crippen LogP contribution is 2.16. The molecule has 5 heteroatoms. The lowest BCUT2D eigenvalue weighted by molar-refractivity contribution is -0.131. The summed E-state index contributed by atoms with van der Waals surface area (Å²) in [4.78, 5) is 20.2. The van der Waals surface area contributed by atoms with E-state index in [1.54, 1.807) is 0 Å². The van der Waals surface area contributed by atoms with E-state index in [0.717, 1.165) is 58.5 Å². The number of carbonyl (C=O) groups is 1. The van der Waals surface area contributed by atoms with Crippen LogP contribution in [0.2, 0.25) is 0 Å². The van der Waals surface area contributed by atoms with Gasteiger partial charge in [-0.05, 0) is 49.3 Å². The highest BCUT2D eigenvalue weighted by atomic mass is 16.7. The topological polar surface area (TPSA) is 44.8 Å². The summed E-state index contributed by atoms with van der Waals surface area (Å²) in [5.74, 6) is 0.842. The SMILES string of the molecule is CC(C)Cc1ccc(CN2CCC[C@H](NC(=O)CCN3CCCO3)C2)cc1. The van der Waals surface area contributed by atoms with Crippen LogP contribution in [0.5, 0.6) is 0 Å². The molecule has 1 aromatic carbocycles. The maximum Gasteiger partial charge on any atom is 0.221 e. The van der Waals surface area contributed by atoms with E-state index in [0.29, 0.717) is 18.9 Å². The Balaban J connectivity index is 1.41. The zero-order chi connectivity index (χ0) is 19.1. The highest BCUT2D eigenvalue weighted by molar-refractivity contribution is 5.76. The molecular formula is C22H35N3O2. The Morgan fingerprint density at radius 3 is 2.67 bits per heavy atom. The van der Waals surface area contributed by atoms with Crippen LogP contribution >= 0.6 is 0 Å². The first-order valence-corrected chi connectivity index (χ1v) is 10.6. The Morgan fingerprint density at radius 1 is 1.19 bits per heavy atom. The minimum atomic E-state index is 0.149. The van der Waals surface area contributed by atoms with Gasteiger partial charge in [0, 0.05) is 38.6 Å². The summed E-state index contributed by atoms with van der Waals surface area (Å²) in [5, 5.41) is 5.14. The van der Waals surface area contributed by atoms with Gasteiger partial charge in [0.2, 0.25) is 5.91 Å². The molecule has 1 aromatic rings. The molecule has 2 aliphatic heterocycles. The Labute approximate surface area is 164 Å². The molecule has 3 rings (SSSR count). The van der Waals surface area contributed by atoms with Crippen molar-refractivity contribution in [2.75, 3.05) is 32.8 Å². The summed E-state index contributed by atoms with van der Waals surface area (Å²) < 4.78 is 0. The Hall–Kier alpha value is -1.43.